The zero-order valence-electron chi connectivity index (χ0n) is 20.2. The predicted octanol–water partition coefficient (Wildman–Crippen LogP) is 6.67. The Bertz CT molecular complexity index is 1200. The van der Waals surface area contributed by atoms with Crippen molar-refractivity contribution in [1.82, 2.24) is 4.90 Å². The van der Waals surface area contributed by atoms with Crippen molar-refractivity contribution in [1.29, 1.82) is 0 Å². The maximum absolute atomic E-state index is 14.4. The molecule has 0 aliphatic carbocycles. The minimum Gasteiger partial charge on any atom is -0.440 e. The molecular formula is C28H30F3N2O2S+. The second-order valence-electron chi connectivity index (χ2n) is 10.0. The molecule has 1 aromatic heterocycles. The Morgan fingerprint density at radius 1 is 1.06 bits per heavy atom. The molecule has 4 nitrogen and oxygen atoms in total. The SMILES string of the molecule is CC(c1ccccc1)[N+]12CCC(CC1)[C@@H](OC(=O)N(Cc1ccsc1)Cc1cc(F)c(F)cc1F)C2. The molecule has 3 fully saturated rings. The number of ether oxygens (including phenoxy) is 1. The highest BCUT2D eigenvalue weighted by Crippen LogP contribution is 2.42. The van der Waals surface area contributed by atoms with Crippen molar-refractivity contribution < 1.29 is 27.2 Å². The lowest BCUT2D eigenvalue weighted by Crippen LogP contribution is -2.65. The van der Waals surface area contributed by atoms with Gasteiger partial charge in [-0.1, -0.05) is 30.3 Å². The van der Waals surface area contributed by atoms with Crippen LogP contribution in [0.25, 0.3) is 0 Å². The van der Waals surface area contributed by atoms with E-state index in [2.05, 4.69) is 31.2 Å². The van der Waals surface area contributed by atoms with E-state index in [9.17, 15) is 18.0 Å². The molecule has 36 heavy (non-hydrogen) atoms. The van der Waals surface area contributed by atoms with Gasteiger partial charge in [-0.05, 0) is 35.4 Å². The summed E-state index contributed by atoms with van der Waals surface area (Å²) in [4.78, 5) is 14.8. The zero-order chi connectivity index (χ0) is 25.3. The van der Waals surface area contributed by atoms with E-state index >= 15 is 0 Å². The van der Waals surface area contributed by atoms with E-state index in [1.807, 2.05) is 22.9 Å². The Labute approximate surface area is 213 Å². The number of fused-ring (bicyclic) bond motifs is 3. The number of hydrogen-bond donors (Lipinski definition) is 0. The lowest BCUT2D eigenvalue weighted by Gasteiger charge is -2.55. The number of benzene rings is 2. The van der Waals surface area contributed by atoms with Crippen LogP contribution < -0.4 is 0 Å². The minimum atomic E-state index is -1.25. The Balaban J connectivity index is 1.34. The van der Waals surface area contributed by atoms with Crippen LogP contribution in [0, 0.1) is 23.4 Å². The zero-order valence-corrected chi connectivity index (χ0v) is 21.0. The number of quaternary nitrogens is 1. The van der Waals surface area contributed by atoms with Gasteiger partial charge >= 0.3 is 6.09 Å². The summed E-state index contributed by atoms with van der Waals surface area (Å²) in [5.74, 6) is -2.99. The van der Waals surface area contributed by atoms with Crippen molar-refractivity contribution in [2.45, 2.75) is 45.0 Å². The topological polar surface area (TPSA) is 29.5 Å². The van der Waals surface area contributed by atoms with E-state index in [1.165, 1.54) is 21.8 Å². The molecule has 1 unspecified atom stereocenters. The van der Waals surface area contributed by atoms with Gasteiger partial charge in [0.25, 0.3) is 0 Å². The van der Waals surface area contributed by atoms with Crippen molar-refractivity contribution in [3.63, 3.8) is 0 Å². The summed E-state index contributed by atoms with van der Waals surface area (Å²) in [6.07, 6.45) is 1.16. The Morgan fingerprint density at radius 2 is 1.78 bits per heavy atom. The number of nitrogens with zero attached hydrogens (tertiary/aromatic N) is 2. The average Bonchev–Trinajstić information content (AvgIpc) is 3.41. The van der Waals surface area contributed by atoms with E-state index in [1.54, 1.807) is 0 Å². The molecule has 2 aromatic carbocycles. The molecule has 0 N–H and O–H groups in total. The quantitative estimate of drug-likeness (QED) is 0.260. The Hall–Kier alpha value is -2.84. The fraction of sp³-hybridized carbons (Fsp3) is 0.393. The average molecular weight is 516 g/mol. The van der Waals surface area contributed by atoms with Crippen LogP contribution in [0.4, 0.5) is 18.0 Å². The van der Waals surface area contributed by atoms with Crippen LogP contribution in [0.2, 0.25) is 0 Å². The molecule has 8 heteroatoms. The van der Waals surface area contributed by atoms with Gasteiger partial charge in [0.05, 0.1) is 26.2 Å². The van der Waals surface area contributed by atoms with Crippen molar-refractivity contribution >= 4 is 17.4 Å². The molecule has 3 aliphatic rings. The third-order valence-corrected chi connectivity index (χ3v) is 8.71. The minimum absolute atomic E-state index is 0.0869. The number of rotatable bonds is 7. The first-order chi connectivity index (χ1) is 17.3. The van der Waals surface area contributed by atoms with E-state index in [4.69, 9.17) is 4.74 Å². The lowest BCUT2D eigenvalue weighted by molar-refractivity contribution is -0.972. The van der Waals surface area contributed by atoms with Crippen molar-refractivity contribution in [2.24, 2.45) is 5.92 Å². The summed E-state index contributed by atoms with van der Waals surface area (Å²) in [5.41, 5.74) is 2.06. The first-order valence-electron chi connectivity index (χ1n) is 12.4. The van der Waals surface area contributed by atoms with Gasteiger partial charge in [0.15, 0.2) is 17.7 Å². The van der Waals surface area contributed by atoms with Gasteiger partial charge < -0.3 is 9.22 Å². The smallest absolute Gasteiger partial charge is 0.410 e. The lowest BCUT2D eigenvalue weighted by atomic mass is 9.81. The van der Waals surface area contributed by atoms with E-state index in [0.29, 0.717) is 12.0 Å². The largest absolute Gasteiger partial charge is 0.440 e. The molecule has 1 amide bonds. The molecule has 0 radical (unpaired) electrons. The fourth-order valence-electron chi connectivity index (χ4n) is 5.77. The normalized spacial score (nSPS) is 23.9. The second-order valence-corrected chi connectivity index (χ2v) is 10.8. The van der Waals surface area contributed by atoms with Gasteiger partial charge in [-0.15, -0.1) is 0 Å². The van der Waals surface area contributed by atoms with Crippen LogP contribution in [-0.4, -0.2) is 41.2 Å². The number of thiophene rings is 1. The third-order valence-electron chi connectivity index (χ3n) is 7.98. The van der Waals surface area contributed by atoms with Gasteiger partial charge in [-0.2, -0.15) is 11.3 Å². The van der Waals surface area contributed by atoms with Crippen molar-refractivity contribution in [3.05, 3.63) is 93.4 Å². The third kappa shape index (κ3) is 5.02. The molecule has 3 aliphatic heterocycles. The van der Waals surface area contributed by atoms with E-state index in [-0.39, 0.29) is 30.8 Å². The first kappa shape index (κ1) is 24.8. The predicted molar refractivity (Wildman–Crippen MR) is 133 cm³/mol. The van der Waals surface area contributed by atoms with Gasteiger partial charge in [-0.3, -0.25) is 4.90 Å². The highest BCUT2D eigenvalue weighted by molar-refractivity contribution is 7.07. The summed E-state index contributed by atoms with van der Waals surface area (Å²) in [7, 11) is 0. The molecule has 190 valence electrons. The molecule has 2 bridgehead atoms. The van der Waals surface area contributed by atoms with E-state index < -0.39 is 23.5 Å². The highest BCUT2D eigenvalue weighted by atomic mass is 32.1. The number of carbonyl (C=O) groups is 1. The van der Waals surface area contributed by atoms with Crippen LogP contribution in [0.5, 0.6) is 0 Å². The van der Waals surface area contributed by atoms with Crippen LogP contribution in [0.1, 0.15) is 42.5 Å². The summed E-state index contributed by atoms with van der Waals surface area (Å²) in [6, 6.07) is 13.9. The standard InChI is InChI=1S/C28H30F3N2O2S/c1-19(21-5-3-2-4-6-21)33-10-7-22(8-11-33)27(17-33)35-28(34)32(15-20-9-12-36-18-20)16-23-13-25(30)26(31)14-24(23)29/h2-6,9,12-14,18-19,22,27H,7-8,10-11,15-17H2,1H3/q+1/t19?,22?,27-,33?/m0/s1. The van der Waals surface area contributed by atoms with Crippen LogP contribution >= 0.6 is 11.3 Å². The van der Waals surface area contributed by atoms with Crippen LogP contribution in [0.15, 0.2) is 59.3 Å². The molecule has 6 rings (SSSR count). The molecule has 0 spiro atoms. The molecule has 0 saturated carbocycles. The summed E-state index contributed by atoms with van der Waals surface area (Å²) >= 11 is 1.49. The van der Waals surface area contributed by atoms with Crippen LogP contribution in [0.3, 0.4) is 0 Å². The highest BCUT2D eigenvalue weighted by Gasteiger charge is 2.50. The number of amides is 1. The van der Waals surface area contributed by atoms with Crippen molar-refractivity contribution in [3.8, 4) is 0 Å². The molecule has 3 saturated heterocycles. The molecule has 2 atom stereocenters. The summed E-state index contributed by atoms with van der Waals surface area (Å²) in [5, 5.41) is 3.79. The number of piperidine rings is 3. The number of halogens is 3. The number of hydrogen-bond acceptors (Lipinski definition) is 3. The van der Waals surface area contributed by atoms with Gasteiger partial charge in [-0.25, -0.2) is 18.0 Å². The van der Waals surface area contributed by atoms with Gasteiger partial charge in [0.1, 0.15) is 18.4 Å². The van der Waals surface area contributed by atoms with Crippen molar-refractivity contribution in [2.75, 3.05) is 19.6 Å². The maximum Gasteiger partial charge on any atom is 0.410 e. The Kier molecular flexibility index (Phi) is 7.08. The summed E-state index contributed by atoms with van der Waals surface area (Å²) in [6.45, 7) is 5.06. The molecule has 4 heterocycles. The second kappa shape index (κ2) is 10.3. The van der Waals surface area contributed by atoms with Gasteiger partial charge in [0.2, 0.25) is 0 Å². The van der Waals surface area contributed by atoms with Crippen LogP contribution in [-0.2, 0) is 17.8 Å². The van der Waals surface area contributed by atoms with E-state index in [0.717, 1.165) is 48.6 Å². The summed E-state index contributed by atoms with van der Waals surface area (Å²) < 4.78 is 48.7. The fourth-order valence-corrected chi connectivity index (χ4v) is 6.43. The Morgan fingerprint density at radius 3 is 2.47 bits per heavy atom. The maximum atomic E-state index is 14.4. The number of carbonyl (C=O) groups excluding carboxylic acids is 1. The molecular weight excluding hydrogens is 485 g/mol. The molecule has 3 aromatic rings. The monoisotopic (exact) mass is 515 g/mol. The first-order valence-corrected chi connectivity index (χ1v) is 13.3. The van der Waals surface area contributed by atoms with Gasteiger partial charge in [0, 0.05) is 36.0 Å².